The highest BCUT2D eigenvalue weighted by atomic mass is 35.5. The van der Waals surface area contributed by atoms with E-state index >= 15 is 0 Å². The van der Waals surface area contributed by atoms with Crippen molar-refractivity contribution in [1.29, 1.82) is 0 Å². The number of ether oxygens (including phenoxy) is 1. The lowest BCUT2D eigenvalue weighted by atomic mass is 10.0. The highest BCUT2D eigenvalue weighted by molar-refractivity contribution is 6.33. The zero-order valence-electron chi connectivity index (χ0n) is 7.58. The predicted molar refractivity (Wildman–Crippen MR) is 51.7 cm³/mol. The van der Waals surface area contributed by atoms with E-state index in [1.54, 1.807) is 19.1 Å². The first-order valence-electron chi connectivity index (χ1n) is 3.92. The molecule has 0 saturated carbocycles. The molecule has 0 aliphatic rings. The van der Waals surface area contributed by atoms with E-state index in [1.807, 2.05) is 18.2 Å². The zero-order chi connectivity index (χ0) is 9.90. The van der Waals surface area contributed by atoms with E-state index < -0.39 is 10.8 Å². The van der Waals surface area contributed by atoms with Crippen LogP contribution in [0.5, 0.6) is 0 Å². The normalized spacial score (nSPS) is 14.7. The third kappa shape index (κ3) is 2.01. The lowest BCUT2D eigenvalue weighted by Gasteiger charge is -2.18. The molecule has 0 heterocycles. The van der Waals surface area contributed by atoms with Gasteiger partial charge in [0.05, 0.1) is 7.11 Å². The molecule has 1 aromatic rings. The van der Waals surface area contributed by atoms with Crippen LogP contribution in [0.2, 0.25) is 0 Å². The molecule has 1 aromatic carbocycles. The van der Waals surface area contributed by atoms with Gasteiger partial charge in [0.15, 0.2) is 4.87 Å². The van der Waals surface area contributed by atoms with Crippen LogP contribution in [-0.4, -0.2) is 13.1 Å². The van der Waals surface area contributed by atoms with Crippen LogP contribution in [0.25, 0.3) is 0 Å². The molecule has 0 N–H and O–H groups in total. The zero-order valence-corrected chi connectivity index (χ0v) is 8.34. The van der Waals surface area contributed by atoms with Crippen molar-refractivity contribution in [3.05, 3.63) is 35.9 Å². The number of hydrogen-bond donors (Lipinski definition) is 0. The standard InChI is InChI=1S/C10H11ClO2/c1-10(11,9(12)13-2)8-6-4-3-5-7-8/h3-7H,1-2H3/t10-/m0/s1. The van der Waals surface area contributed by atoms with Gasteiger partial charge in [0, 0.05) is 0 Å². The molecule has 2 nitrogen and oxygen atoms in total. The molecule has 1 atom stereocenters. The van der Waals surface area contributed by atoms with Crippen LogP contribution in [0.3, 0.4) is 0 Å². The quantitative estimate of drug-likeness (QED) is 0.539. The second-order valence-electron chi connectivity index (χ2n) is 2.86. The van der Waals surface area contributed by atoms with Crippen molar-refractivity contribution in [2.45, 2.75) is 11.8 Å². The summed E-state index contributed by atoms with van der Waals surface area (Å²) in [7, 11) is 1.33. The van der Waals surface area contributed by atoms with Crippen LogP contribution in [0, 0.1) is 0 Å². The van der Waals surface area contributed by atoms with Crippen molar-refractivity contribution >= 4 is 17.6 Å². The van der Waals surface area contributed by atoms with Gasteiger partial charge >= 0.3 is 5.97 Å². The smallest absolute Gasteiger partial charge is 0.331 e. The SMILES string of the molecule is COC(=O)[C@@](C)(Cl)c1ccccc1. The average Bonchev–Trinajstić information content (AvgIpc) is 2.18. The van der Waals surface area contributed by atoms with E-state index in [1.165, 1.54) is 7.11 Å². The molecule has 1 rings (SSSR count). The molecule has 0 aromatic heterocycles. The van der Waals surface area contributed by atoms with Gasteiger partial charge in [-0.15, -0.1) is 11.6 Å². The van der Waals surface area contributed by atoms with Gasteiger partial charge in [0.2, 0.25) is 0 Å². The van der Waals surface area contributed by atoms with E-state index in [9.17, 15) is 4.79 Å². The summed E-state index contributed by atoms with van der Waals surface area (Å²) in [5, 5.41) is 0. The molecular formula is C10H11ClO2. The van der Waals surface area contributed by atoms with Crippen LogP contribution in [-0.2, 0) is 14.4 Å². The van der Waals surface area contributed by atoms with Gasteiger partial charge < -0.3 is 4.74 Å². The van der Waals surface area contributed by atoms with E-state index in [-0.39, 0.29) is 0 Å². The fraction of sp³-hybridized carbons (Fsp3) is 0.300. The van der Waals surface area contributed by atoms with E-state index in [0.717, 1.165) is 5.56 Å². The van der Waals surface area contributed by atoms with Crippen molar-refractivity contribution in [2.24, 2.45) is 0 Å². The van der Waals surface area contributed by atoms with Crippen molar-refractivity contribution in [1.82, 2.24) is 0 Å². The van der Waals surface area contributed by atoms with Gasteiger partial charge in [-0.3, -0.25) is 0 Å². The Kier molecular flexibility index (Phi) is 2.94. The molecule has 0 spiro atoms. The Morgan fingerprint density at radius 1 is 1.38 bits per heavy atom. The number of carbonyl (C=O) groups excluding carboxylic acids is 1. The lowest BCUT2D eigenvalue weighted by molar-refractivity contribution is -0.143. The molecule has 0 saturated heterocycles. The summed E-state index contributed by atoms with van der Waals surface area (Å²) in [6, 6.07) is 9.12. The third-order valence-corrected chi connectivity index (χ3v) is 2.26. The second kappa shape index (κ2) is 3.79. The Hall–Kier alpha value is -1.02. The molecule has 0 unspecified atom stereocenters. The Morgan fingerprint density at radius 2 is 1.92 bits per heavy atom. The summed E-state index contributed by atoms with van der Waals surface area (Å²) in [4.78, 5) is 10.2. The minimum Gasteiger partial charge on any atom is -0.467 e. The molecular weight excluding hydrogens is 188 g/mol. The van der Waals surface area contributed by atoms with E-state index in [2.05, 4.69) is 4.74 Å². The summed E-state index contributed by atoms with van der Waals surface area (Å²) in [5.41, 5.74) is 0.739. The minimum atomic E-state index is -1.09. The summed E-state index contributed by atoms with van der Waals surface area (Å²) in [6.45, 7) is 1.62. The Bertz CT molecular complexity index is 293. The van der Waals surface area contributed by atoms with E-state index in [0.29, 0.717) is 0 Å². The summed E-state index contributed by atoms with van der Waals surface area (Å²) < 4.78 is 4.60. The fourth-order valence-electron chi connectivity index (χ4n) is 1.06. The Labute approximate surface area is 82.5 Å². The third-order valence-electron chi connectivity index (χ3n) is 1.88. The monoisotopic (exact) mass is 198 g/mol. The van der Waals surface area contributed by atoms with Crippen LogP contribution >= 0.6 is 11.6 Å². The number of rotatable bonds is 2. The largest absolute Gasteiger partial charge is 0.467 e. The maximum absolute atomic E-state index is 11.3. The molecule has 0 amide bonds. The summed E-state index contributed by atoms with van der Waals surface area (Å²) in [6.07, 6.45) is 0. The highest BCUT2D eigenvalue weighted by Gasteiger charge is 2.33. The van der Waals surface area contributed by atoms with Crippen molar-refractivity contribution < 1.29 is 9.53 Å². The van der Waals surface area contributed by atoms with Gasteiger partial charge in [0.25, 0.3) is 0 Å². The fourth-order valence-corrected chi connectivity index (χ4v) is 1.26. The minimum absolute atomic E-state index is 0.444. The van der Waals surface area contributed by atoms with Crippen molar-refractivity contribution in [3.63, 3.8) is 0 Å². The van der Waals surface area contributed by atoms with Gasteiger partial charge in [-0.1, -0.05) is 30.3 Å². The summed E-state index contributed by atoms with van der Waals surface area (Å²) in [5.74, 6) is -0.444. The van der Waals surface area contributed by atoms with Crippen LogP contribution in [0.1, 0.15) is 12.5 Å². The number of methoxy groups -OCH3 is 1. The number of carbonyl (C=O) groups is 1. The molecule has 0 aliphatic carbocycles. The molecule has 0 bridgehead atoms. The van der Waals surface area contributed by atoms with Crippen molar-refractivity contribution in [3.8, 4) is 0 Å². The summed E-state index contributed by atoms with van der Waals surface area (Å²) >= 11 is 6.04. The van der Waals surface area contributed by atoms with Crippen LogP contribution < -0.4 is 0 Å². The molecule has 13 heavy (non-hydrogen) atoms. The van der Waals surface area contributed by atoms with Crippen LogP contribution in [0.15, 0.2) is 30.3 Å². The van der Waals surface area contributed by atoms with Crippen LogP contribution in [0.4, 0.5) is 0 Å². The molecule has 70 valence electrons. The first-order valence-corrected chi connectivity index (χ1v) is 4.29. The number of alkyl halides is 1. The highest BCUT2D eigenvalue weighted by Crippen LogP contribution is 2.29. The number of halogens is 1. The van der Waals surface area contributed by atoms with Gasteiger partial charge in [-0.05, 0) is 12.5 Å². The number of hydrogen-bond acceptors (Lipinski definition) is 2. The number of benzene rings is 1. The molecule has 0 aliphatic heterocycles. The van der Waals surface area contributed by atoms with E-state index in [4.69, 9.17) is 11.6 Å². The molecule has 3 heteroatoms. The van der Waals surface area contributed by atoms with Gasteiger partial charge in [-0.2, -0.15) is 0 Å². The average molecular weight is 199 g/mol. The lowest BCUT2D eigenvalue weighted by Crippen LogP contribution is -2.27. The van der Waals surface area contributed by atoms with Gasteiger partial charge in [-0.25, -0.2) is 4.79 Å². The second-order valence-corrected chi connectivity index (χ2v) is 3.62. The maximum atomic E-state index is 11.3. The molecule has 0 fully saturated rings. The van der Waals surface area contributed by atoms with Gasteiger partial charge in [0.1, 0.15) is 0 Å². The Morgan fingerprint density at radius 3 is 2.38 bits per heavy atom. The number of esters is 1. The predicted octanol–water partition coefficient (Wildman–Crippen LogP) is 2.31. The van der Waals surface area contributed by atoms with Crippen molar-refractivity contribution in [2.75, 3.05) is 7.11 Å². The maximum Gasteiger partial charge on any atom is 0.331 e. The molecule has 0 radical (unpaired) electrons. The first kappa shape index (κ1) is 10.1. The first-order chi connectivity index (χ1) is 6.09. The topological polar surface area (TPSA) is 26.3 Å². The Balaban J connectivity index is 3.00.